The van der Waals surface area contributed by atoms with Gasteiger partial charge >= 0.3 is 0 Å². The van der Waals surface area contributed by atoms with E-state index in [4.69, 9.17) is 5.73 Å². The van der Waals surface area contributed by atoms with Crippen molar-refractivity contribution in [1.29, 1.82) is 0 Å². The standard InChI is InChI=1S/C11H21N/c1-7(2)10-8-4-5-9(6-8)11(10,3)12/h7-10H,4-6,12H2,1-3H3/t8-,9+,10?,11+/m0/s1. The molecule has 0 aromatic heterocycles. The summed E-state index contributed by atoms with van der Waals surface area (Å²) in [6.45, 7) is 6.94. The number of rotatable bonds is 1. The molecule has 2 saturated carbocycles. The van der Waals surface area contributed by atoms with Gasteiger partial charge in [-0.1, -0.05) is 13.8 Å². The second-order valence-electron chi connectivity index (χ2n) is 5.41. The third-order valence-corrected chi connectivity index (χ3v) is 4.30. The molecule has 0 amide bonds. The Hall–Kier alpha value is -0.0400. The highest BCUT2D eigenvalue weighted by Gasteiger charge is 2.53. The number of nitrogens with two attached hydrogens (primary N) is 1. The Morgan fingerprint density at radius 2 is 2.00 bits per heavy atom. The molecule has 2 aliphatic carbocycles. The summed E-state index contributed by atoms with van der Waals surface area (Å²) < 4.78 is 0. The predicted octanol–water partition coefficient (Wildman–Crippen LogP) is 2.41. The molecule has 70 valence electrons. The lowest BCUT2D eigenvalue weighted by Gasteiger charge is -2.40. The summed E-state index contributed by atoms with van der Waals surface area (Å²) in [5.41, 5.74) is 6.56. The Morgan fingerprint density at radius 3 is 2.33 bits per heavy atom. The molecule has 2 rings (SSSR count). The third kappa shape index (κ3) is 0.953. The molecule has 1 unspecified atom stereocenters. The molecule has 2 N–H and O–H groups in total. The van der Waals surface area contributed by atoms with E-state index in [1.807, 2.05) is 0 Å². The fraction of sp³-hybridized carbons (Fsp3) is 1.00. The number of hydrogen-bond donors (Lipinski definition) is 1. The van der Waals surface area contributed by atoms with Crippen molar-refractivity contribution >= 4 is 0 Å². The molecule has 12 heavy (non-hydrogen) atoms. The van der Waals surface area contributed by atoms with E-state index in [0.29, 0.717) is 0 Å². The van der Waals surface area contributed by atoms with Crippen LogP contribution in [0.3, 0.4) is 0 Å². The van der Waals surface area contributed by atoms with E-state index in [1.54, 1.807) is 0 Å². The molecule has 2 bridgehead atoms. The van der Waals surface area contributed by atoms with Crippen LogP contribution in [0.1, 0.15) is 40.0 Å². The van der Waals surface area contributed by atoms with Gasteiger partial charge in [-0.15, -0.1) is 0 Å². The fourth-order valence-electron chi connectivity index (χ4n) is 3.95. The summed E-state index contributed by atoms with van der Waals surface area (Å²) in [5, 5.41) is 0. The van der Waals surface area contributed by atoms with Crippen LogP contribution in [0.4, 0.5) is 0 Å². The summed E-state index contributed by atoms with van der Waals surface area (Å²) in [7, 11) is 0. The van der Waals surface area contributed by atoms with Crippen LogP contribution in [0.25, 0.3) is 0 Å². The topological polar surface area (TPSA) is 26.0 Å². The van der Waals surface area contributed by atoms with Crippen LogP contribution < -0.4 is 5.73 Å². The highest BCUT2D eigenvalue weighted by Crippen LogP contribution is 2.55. The molecule has 2 aliphatic rings. The van der Waals surface area contributed by atoms with E-state index < -0.39 is 0 Å². The Bertz CT molecular complexity index is 183. The number of fused-ring (bicyclic) bond motifs is 2. The lowest BCUT2D eigenvalue weighted by molar-refractivity contribution is 0.145. The van der Waals surface area contributed by atoms with Crippen molar-refractivity contribution in [3.63, 3.8) is 0 Å². The Balaban J connectivity index is 2.23. The van der Waals surface area contributed by atoms with E-state index in [9.17, 15) is 0 Å². The van der Waals surface area contributed by atoms with Gasteiger partial charge in [-0.25, -0.2) is 0 Å². The van der Waals surface area contributed by atoms with Gasteiger partial charge in [0.15, 0.2) is 0 Å². The van der Waals surface area contributed by atoms with E-state index in [2.05, 4.69) is 20.8 Å². The second kappa shape index (κ2) is 2.47. The van der Waals surface area contributed by atoms with Gasteiger partial charge in [-0.2, -0.15) is 0 Å². The van der Waals surface area contributed by atoms with Gasteiger partial charge in [-0.3, -0.25) is 0 Å². The molecule has 1 heteroatoms. The fourth-order valence-corrected chi connectivity index (χ4v) is 3.95. The smallest absolute Gasteiger partial charge is 0.0188 e. The first-order valence-corrected chi connectivity index (χ1v) is 5.32. The first-order chi connectivity index (χ1) is 5.53. The summed E-state index contributed by atoms with van der Waals surface area (Å²) in [5.74, 6) is 3.34. The summed E-state index contributed by atoms with van der Waals surface area (Å²) >= 11 is 0. The van der Waals surface area contributed by atoms with Crippen molar-refractivity contribution in [3.8, 4) is 0 Å². The van der Waals surface area contributed by atoms with Crippen LogP contribution in [0.15, 0.2) is 0 Å². The van der Waals surface area contributed by atoms with Crippen molar-refractivity contribution in [2.24, 2.45) is 29.4 Å². The van der Waals surface area contributed by atoms with E-state index in [-0.39, 0.29) is 5.54 Å². The average Bonchev–Trinajstić information content (AvgIpc) is 2.41. The minimum Gasteiger partial charge on any atom is -0.325 e. The monoisotopic (exact) mass is 167 g/mol. The quantitative estimate of drug-likeness (QED) is 0.637. The molecule has 0 aromatic carbocycles. The van der Waals surface area contributed by atoms with E-state index in [0.717, 1.165) is 23.7 Å². The van der Waals surface area contributed by atoms with Gasteiger partial charge in [0.2, 0.25) is 0 Å². The van der Waals surface area contributed by atoms with Crippen LogP contribution in [0, 0.1) is 23.7 Å². The molecule has 4 atom stereocenters. The van der Waals surface area contributed by atoms with Crippen molar-refractivity contribution in [2.75, 3.05) is 0 Å². The molecule has 0 aliphatic heterocycles. The van der Waals surface area contributed by atoms with Gasteiger partial charge in [0.1, 0.15) is 0 Å². The Kier molecular flexibility index (Phi) is 1.76. The van der Waals surface area contributed by atoms with Crippen molar-refractivity contribution in [1.82, 2.24) is 0 Å². The lowest BCUT2D eigenvalue weighted by atomic mass is 9.70. The normalized spacial score (nSPS) is 52.2. The minimum absolute atomic E-state index is 0.150. The van der Waals surface area contributed by atoms with Gasteiger partial charge in [0.05, 0.1) is 0 Å². The van der Waals surface area contributed by atoms with Crippen LogP contribution in [0.2, 0.25) is 0 Å². The van der Waals surface area contributed by atoms with Gasteiger partial charge < -0.3 is 5.73 Å². The maximum atomic E-state index is 6.41. The highest BCUT2D eigenvalue weighted by molar-refractivity contribution is 5.08. The molecule has 0 heterocycles. The van der Waals surface area contributed by atoms with Gasteiger partial charge in [0, 0.05) is 5.54 Å². The largest absolute Gasteiger partial charge is 0.325 e. The molecule has 2 fully saturated rings. The Morgan fingerprint density at radius 1 is 1.33 bits per heavy atom. The molecule has 1 nitrogen and oxygen atoms in total. The summed E-state index contributed by atoms with van der Waals surface area (Å²) in [6, 6.07) is 0. The van der Waals surface area contributed by atoms with Crippen molar-refractivity contribution in [3.05, 3.63) is 0 Å². The van der Waals surface area contributed by atoms with Crippen LogP contribution >= 0.6 is 0 Å². The number of hydrogen-bond acceptors (Lipinski definition) is 1. The zero-order chi connectivity index (χ0) is 8.93. The summed E-state index contributed by atoms with van der Waals surface area (Å²) in [4.78, 5) is 0. The van der Waals surface area contributed by atoms with Gasteiger partial charge in [0.25, 0.3) is 0 Å². The molecule has 0 radical (unpaired) electrons. The maximum Gasteiger partial charge on any atom is 0.0188 e. The average molecular weight is 167 g/mol. The first-order valence-electron chi connectivity index (χ1n) is 5.32. The minimum atomic E-state index is 0.150. The molecule has 0 saturated heterocycles. The highest BCUT2D eigenvalue weighted by atomic mass is 14.8. The predicted molar refractivity (Wildman–Crippen MR) is 51.8 cm³/mol. The molecular formula is C11H21N. The molecule has 0 aromatic rings. The lowest BCUT2D eigenvalue weighted by Crippen LogP contribution is -2.50. The Labute approximate surface area is 75.7 Å². The SMILES string of the molecule is CC(C)C1[C@H]2CC[C@H](C2)[C@@]1(C)N. The zero-order valence-electron chi connectivity index (χ0n) is 8.51. The molecule has 0 spiro atoms. The first kappa shape index (κ1) is 8.55. The van der Waals surface area contributed by atoms with Crippen LogP contribution in [-0.4, -0.2) is 5.54 Å². The summed E-state index contributed by atoms with van der Waals surface area (Å²) in [6.07, 6.45) is 4.25. The zero-order valence-corrected chi connectivity index (χ0v) is 8.51. The van der Waals surface area contributed by atoms with Crippen LogP contribution in [-0.2, 0) is 0 Å². The van der Waals surface area contributed by atoms with Crippen LogP contribution in [0.5, 0.6) is 0 Å². The maximum absolute atomic E-state index is 6.41. The third-order valence-electron chi connectivity index (χ3n) is 4.30. The molecular weight excluding hydrogens is 146 g/mol. The van der Waals surface area contributed by atoms with Crippen molar-refractivity contribution in [2.45, 2.75) is 45.6 Å². The van der Waals surface area contributed by atoms with Gasteiger partial charge in [-0.05, 0) is 49.9 Å². The second-order valence-corrected chi connectivity index (χ2v) is 5.41. The van der Waals surface area contributed by atoms with E-state index in [1.165, 1.54) is 19.3 Å². The van der Waals surface area contributed by atoms with Crippen molar-refractivity contribution < 1.29 is 0 Å². The van der Waals surface area contributed by atoms with E-state index >= 15 is 0 Å².